The molecule has 4 heteroatoms. The van der Waals surface area contributed by atoms with Gasteiger partial charge in [0.25, 0.3) is 0 Å². The molecular formula is C8H18IN3. The number of hydrogen-bond acceptors (Lipinski definition) is 3. The molecule has 0 radical (unpaired) electrons. The summed E-state index contributed by atoms with van der Waals surface area (Å²) in [5.74, 6) is 0. The molecule has 12 heavy (non-hydrogen) atoms. The highest BCUT2D eigenvalue weighted by Crippen LogP contribution is 2.05. The fourth-order valence-corrected chi connectivity index (χ4v) is 1.72. The summed E-state index contributed by atoms with van der Waals surface area (Å²) in [6.45, 7) is 7.30. The van der Waals surface area contributed by atoms with Crippen molar-refractivity contribution in [2.45, 2.75) is 0 Å². The van der Waals surface area contributed by atoms with Crippen molar-refractivity contribution in [2.75, 3.05) is 53.4 Å². The summed E-state index contributed by atoms with van der Waals surface area (Å²) >= 11 is 2.40. The Bertz CT molecular complexity index is 121. The van der Waals surface area contributed by atoms with Gasteiger partial charge in [-0.15, -0.1) is 0 Å². The number of hydrogen-bond donors (Lipinski definition) is 0. The Labute approximate surface area is 89.2 Å². The minimum Gasteiger partial charge on any atom is -0.308 e. The van der Waals surface area contributed by atoms with Crippen molar-refractivity contribution in [3.05, 3.63) is 0 Å². The molecule has 0 aromatic heterocycles. The van der Waals surface area contributed by atoms with Crippen molar-refractivity contribution in [3.8, 4) is 0 Å². The topological polar surface area (TPSA) is 9.72 Å². The maximum absolute atomic E-state index is 2.54. The molecule has 1 fully saturated rings. The van der Waals surface area contributed by atoms with E-state index in [0.717, 1.165) is 0 Å². The summed E-state index contributed by atoms with van der Waals surface area (Å²) in [5.41, 5.74) is 0. The molecule has 0 amide bonds. The molecule has 0 aliphatic carbocycles. The van der Waals surface area contributed by atoms with E-state index in [4.69, 9.17) is 0 Å². The van der Waals surface area contributed by atoms with Gasteiger partial charge in [-0.25, -0.2) is 3.11 Å². The lowest BCUT2D eigenvalue weighted by Crippen LogP contribution is -2.44. The van der Waals surface area contributed by atoms with Crippen LogP contribution >= 0.6 is 22.9 Å². The number of likely N-dealkylation sites (N-methyl/N-ethyl adjacent to an activating group) is 1. The van der Waals surface area contributed by atoms with E-state index in [2.05, 4.69) is 49.9 Å². The van der Waals surface area contributed by atoms with Gasteiger partial charge in [-0.3, -0.25) is 4.90 Å². The van der Waals surface area contributed by atoms with Crippen LogP contribution in [0.5, 0.6) is 0 Å². The van der Waals surface area contributed by atoms with E-state index in [1.165, 1.54) is 39.3 Å². The van der Waals surface area contributed by atoms with Gasteiger partial charge in [0.05, 0.1) is 0 Å². The smallest absolute Gasteiger partial charge is 0.0209 e. The molecule has 1 saturated heterocycles. The molecule has 1 heterocycles. The predicted octanol–water partition coefficient (Wildman–Crippen LogP) is 0.516. The van der Waals surface area contributed by atoms with E-state index < -0.39 is 0 Å². The van der Waals surface area contributed by atoms with Crippen LogP contribution in [0, 0.1) is 0 Å². The van der Waals surface area contributed by atoms with E-state index in [1.807, 2.05) is 0 Å². The molecule has 0 spiro atoms. The first-order chi connectivity index (χ1) is 5.68. The average molecular weight is 283 g/mol. The van der Waals surface area contributed by atoms with Crippen LogP contribution < -0.4 is 0 Å². The van der Waals surface area contributed by atoms with E-state index in [1.54, 1.807) is 0 Å². The number of rotatable bonds is 3. The lowest BCUT2D eigenvalue weighted by Gasteiger charge is -2.31. The average Bonchev–Trinajstić information content (AvgIpc) is 2.03. The van der Waals surface area contributed by atoms with Gasteiger partial charge in [0.15, 0.2) is 0 Å². The summed E-state index contributed by atoms with van der Waals surface area (Å²) in [6.07, 6.45) is 0. The summed E-state index contributed by atoms with van der Waals surface area (Å²) in [4.78, 5) is 4.78. The van der Waals surface area contributed by atoms with Crippen LogP contribution in [0.4, 0.5) is 0 Å². The fourth-order valence-electron chi connectivity index (χ4n) is 1.29. The van der Waals surface area contributed by atoms with Gasteiger partial charge in [0, 0.05) is 62.1 Å². The van der Waals surface area contributed by atoms with E-state index in [-0.39, 0.29) is 0 Å². The van der Waals surface area contributed by atoms with Crippen molar-refractivity contribution < 1.29 is 0 Å². The van der Waals surface area contributed by atoms with Crippen molar-refractivity contribution >= 4 is 22.9 Å². The Morgan fingerprint density at radius 3 is 2.25 bits per heavy atom. The Kier molecular flexibility index (Phi) is 4.78. The van der Waals surface area contributed by atoms with Crippen LogP contribution in [0.1, 0.15) is 0 Å². The fraction of sp³-hybridized carbons (Fsp3) is 1.00. The molecule has 0 saturated carbocycles. The van der Waals surface area contributed by atoms with Gasteiger partial charge in [-0.1, -0.05) is 0 Å². The van der Waals surface area contributed by atoms with Gasteiger partial charge in [0.1, 0.15) is 0 Å². The second-order valence-corrected chi connectivity index (χ2v) is 4.92. The van der Waals surface area contributed by atoms with Crippen molar-refractivity contribution in [2.24, 2.45) is 0 Å². The Balaban J connectivity index is 2.09. The number of nitrogens with zero attached hydrogens (tertiary/aromatic N) is 3. The van der Waals surface area contributed by atoms with Crippen molar-refractivity contribution in [1.82, 2.24) is 12.9 Å². The van der Waals surface area contributed by atoms with Gasteiger partial charge >= 0.3 is 0 Å². The molecule has 1 aliphatic heterocycles. The van der Waals surface area contributed by atoms with Crippen molar-refractivity contribution in [1.29, 1.82) is 0 Å². The van der Waals surface area contributed by atoms with Gasteiger partial charge in [0.2, 0.25) is 0 Å². The minimum absolute atomic E-state index is 1.18. The monoisotopic (exact) mass is 283 g/mol. The first-order valence-corrected chi connectivity index (χ1v) is 5.43. The SMILES string of the molecule is CN(C)CCN1CCN(I)CC1. The highest BCUT2D eigenvalue weighted by atomic mass is 127. The Hall–Kier alpha value is 0.610. The van der Waals surface area contributed by atoms with Gasteiger partial charge in [-0.05, 0) is 14.1 Å². The first kappa shape index (κ1) is 10.7. The van der Waals surface area contributed by atoms with Crippen LogP contribution in [-0.2, 0) is 0 Å². The molecule has 1 rings (SSSR count). The third-order valence-electron chi connectivity index (χ3n) is 2.18. The van der Waals surface area contributed by atoms with Gasteiger partial charge < -0.3 is 4.90 Å². The van der Waals surface area contributed by atoms with Crippen LogP contribution in [0.15, 0.2) is 0 Å². The first-order valence-electron chi connectivity index (χ1n) is 4.46. The summed E-state index contributed by atoms with van der Waals surface area (Å²) in [7, 11) is 4.27. The number of halogens is 1. The third-order valence-corrected chi connectivity index (χ3v) is 3.15. The zero-order valence-electron chi connectivity index (χ0n) is 7.96. The zero-order chi connectivity index (χ0) is 8.97. The minimum atomic E-state index is 1.18. The van der Waals surface area contributed by atoms with E-state index in [9.17, 15) is 0 Å². The maximum atomic E-state index is 2.54. The standard InChI is InChI=1S/C8H18IN3/c1-10(2)3-4-11-5-7-12(9)8-6-11/h3-8H2,1-2H3. The van der Waals surface area contributed by atoms with Crippen LogP contribution in [-0.4, -0.2) is 66.3 Å². The molecular weight excluding hydrogens is 265 g/mol. The Morgan fingerprint density at radius 2 is 1.75 bits per heavy atom. The van der Waals surface area contributed by atoms with E-state index in [0.29, 0.717) is 0 Å². The molecule has 72 valence electrons. The van der Waals surface area contributed by atoms with Crippen LogP contribution in [0.2, 0.25) is 0 Å². The van der Waals surface area contributed by atoms with Crippen molar-refractivity contribution in [3.63, 3.8) is 0 Å². The molecule has 0 atom stereocenters. The molecule has 0 unspecified atom stereocenters. The highest BCUT2D eigenvalue weighted by molar-refractivity contribution is 14.1. The van der Waals surface area contributed by atoms with Crippen LogP contribution in [0.25, 0.3) is 0 Å². The molecule has 0 aromatic carbocycles. The molecule has 0 N–H and O–H groups in total. The lowest BCUT2D eigenvalue weighted by molar-refractivity contribution is 0.189. The van der Waals surface area contributed by atoms with Crippen LogP contribution in [0.3, 0.4) is 0 Å². The zero-order valence-corrected chi connectivity index (χ0v) is 10.1. The number of piperazine rings is 1. The second-order valence-electron chi connectivity index (χ2n) is 3.55. The molecule has 0 bridgehead atoms. The maximum Gasteiger partial charge on any atom is 0.0209 e. The van der Waals surface area contributed by atoms with E-state index >= 15 is 0 Å². The quantitative estimate of drug-likeness (QED) is 0.552. The lowest BCUT2D eigenvalue weighted by atomic mass is 10.3. The highest BCUT2D eigenvalue weighted by Gasteiger charge is 2.13. The molecule has 0 aromatic rings. The van der Waals surface area contributed by atoms with Gasteiger partial charge in [-0.2, -0.15) is 0 Å². The summed E-state index contributed by atoms with van der Waals surface area (Å²) in [5, 5.41) is 0. The third kappa shape index (κ3) is 4.02. The summed E-state index contributed by atoms with van der Waals surface area (Å²) < 4.78 is 2.37. The summed E-state index contributed by atoms with van der Waals surface area (Å²) in [6, 6.07) is 0. The molecule has 1 aliphatic rings. The normalized spacial score (nSPS) is 22.0. The largest absolute Gasteiger partial charge is 0.308 e. The molecule has 3 nitrogen and oxygen atoms in total. The Morgan fingerprint density at radius 1 is 1.17 bits per heavy atom. The predicted molar refractivity (Wildman–Crippen MR) is 60.6 cm³/mol. The second kappa shape index (κ2) is 5.36.